The van der Waals surface area contributed by atoms with E-state index in [0.29, 0.717) is 18.9 Å². The highest BCUT2D eigenvalue weighted by Gasteiger charge is 2.29. The molecular formula is C17H22O4. The molecule has 0 fully saturated rings. The fourth-order valence-electron chi connectivity index (χ4n) is 2.24. The van der Waals surface area contributed by atoms with E-state index in [4.69, 9.17) is 14.2 Å². The van der Waals surface area contributed by atoms with Gasteiger partial charge in [0, 0.05) is 12.3 Å². The molecule has 4 heteroatoms. The van der Waals surface area contributed by atoms with Crippen molar-refractivity contribution in [2.45, 2.75) is 32.5 Å². The molecule has 1 aromatic rings. The Labute approximate surface area is 125 Å². The second-order valence-corrected chi connectivity index (χ2v) is 5.55. The average Bonchev–Trinajstić information content (AvgIpc) is 2.52. The highest BCUT2D eigenvalue weighted by atomic mass is 16.7. The van der Waals surface area contributed by atoms with Crippen LogP contribution in [0.25, 0.3) is 0 Å². The molecule has 1 heterocycles. The van der Waals surface area contributed by atoms with Gasteiger partial charge in [-0.05, 0) is 17.6 Å². The number of carbonyl (C=O) groups excluding carboxylic acids is 1. The maximum atomic E-state index is 11.8. The smallest absolute Gasteiger partial charge is 0.373 e. The molecule has 0 spiro atoms. The third kappa shape index (κ3) is 4.33. The highest BCUT2D eigenvalue weighted by Crippen LogP contribution is 2.31. The van der Waals surface area contributed by atoms with Crippen molar-refractivity contribution in [1.29, 1.82) is 0 Å². The van der Waals surface area contributed by atoms with E-state index in [-0.39, 0.29) is 11.7 Å². The lowest BCUT2D eigenvalue weighted by Gasteiger charge is -2.29. The molecule has 114 valence electrons. The van der Waals surface area contributed by atoms with Crippen LogP contribution in [0.5, 0.6) is 0 Å². The predicted molar refractivity (Wildman–Crippen MR) is 79.6 cm³/mol. The van der Waals surface area contributed by atoms with Crippen LogP contribution in [-0.4, -0.2) is 26.0 Å². The van der Waals surface area contributed by atoms with Gasteiger partial charge in [0.1, 0.15) is 0 Å². The van der Waals surface area contributed by atoms with Gasteiger partial charge in [0.15, 0.2) is 0 Å². The van der Waals surface area contributed by atoms with Gasteiger partial charge in [0.2, 0.25) is 12.0 Å². The first-order valence-corrected chi connectivity index (χ1v) is 7.23. The van der Waals surface area contributed by atoms with Gasteiger partial charge in [-0.3, -0.25) is 0 Å². The van der Waals surface area contributed by atoms with Crippen LogP contribution < -0.4 is 0 Å². The lowest BCUT2D eigenvalue weighted by atomic mass is 9.93. The number of hydrogen-bond acceptors (Lipinski definition) is 4. The lowest BCUT2D eigenvalue weighted by Crippen LogP contribution is -2.28. The van der Waals surface area contributed by atoms with Crippen molar-refractivity contribution in [2.75, 3.05) is 13.7 Å². The van der Waals surface area contributed by atoms with Gasteiger partial charge < -0.3 is 14.2 Å². The average molecular weight is 290 g/mol. The summed E-state index contributed by atoms with van der Waals surface area (Å²) in [6.45, 7) is 4.75. The van der Waals surface area contributed by atoms with Crippen LogP contribution in [0.3, 0.4) is 0 Å². The van der Waals surface area contributed by atoms with Gasteiger partial charge in [-0.15, -0.1) is 0 Å². The number of ether oxygens (including phenoxy) is 3. The Morgan fingerprint density at radius 1 is 1.33 bits per heavy atom. The quantitative estimate of drug-likeness (QED) is 0.781. The summed E-state index contributed by atoms with van der Waals surface area (Å²) in [5.74, 6) is 0.266. The minimum atomic E-state index is -0.464. The predicted octanol–water partition coefficient (Wildman–Crippen LogP) is 3.25. The minimum absolute atomic E-state index is 0.0891. The summed E-state index contributed by atoms with van der Waals surface area (Å²) in [4.78, 5) is 11.8. The number of rotatable bonds is 5. The first kappa shape index (κ1) is 15.6. The number of hydrogen-bond donors (Lipinski definition) is 0. The molecule has 0 saturated heterocycles. The van der Waals surface area contributed by atoms with E-state index < -0.39 is 12.3 Å². The molecule has 1 aliphatic rings. The topological polar surface area (TPSA) is 44.8 Å². The zero-order valence-electron chi connectivity index (χ0n) is 12.7. The van der Waals surface area contributed by atoms with E-state index in [1.165, 1.54) is 7.11 Å². The lowest BCUT2D eigenvalue weighted by molar-refractivity contribution is -0.161. The van der Waals surface area contributed by atoms with E-state index in [1.807, 2.05) is 36.4 Å². The van der Waals surface area contributed by atoms with Gasteiger partial charge in [0.25, 0.3) is 0 Å². The van der Waals surface area contributed by atoms with Gasteiger partial charge in [-0.1, -0.05) is 44.2 Å². The molecular weight excluding hydrogens is 268 g/mol. The Hall–Kier alpha value is -1.81. The minimum Gasteiger partial charge on any atom is -0.463 e. The number of allylic oxidation sites excluding steroid dienone is 1. The molecule has 0 N–H and O–H groups in total. The Morgan fingerprint density at radius 3 is 2.67 bits per heavy atom. The van der Waals surface area contributed by atoms with Crippen molar-refractivity contribution in [3.63, 3.8) is 0 Å². The molecule has 2 rings (SSSR count). The molecule has 2 unspecified atom stereocenters. The molecule has 2 atom stereocenters. The molecule has 0 aliphatic carbocycles. The van der Waals surface area contributed by atoms with Crippen LogP contribution in [0, 0.1) is 5.92 Å². The number of carbonyl (C=O) groups is 1. The van der Waals surface area contributed by atoms with Crippen molar-refractivity contribution in [1.82, 2.24) is 0 Å². The fourth-order valence-corrected chi connectivity index (χ4v) is 2.24. The Bertz CT molecular complexity index is 493. The van der Waals surface area contributed by atoms with E-state index in [0.717, 1.165) is 5.56 Å². The number of methoxy groups -OCH3 is 1. The molecule has 0 bridgehead atoms. The first-order valence-electron chi connectivity index (χ1n) is 7.23. The number of esters is 1. The van der Waals surface area contributed by atoms with Crippen LogP contribution in [0.2, 0.25) is 0 Å². The van der Waals surface area contributed by atoms with Gasteiger partial charge >= 0.3 is 5.97 Å². The van der Waals surface area contributed by atoms with Gasteiger partial charge in [0.05, 0.1) is 13.7 Å². The summed E-state index contributed by atoms with van der Waals surface area (Å²) in [7, 11) is 1.35. The van der Waals surface area contributed by atoms with Crippen molar-refractivity contribution in [2.24, 2.45) is 5.92 Å². The third-order valence-corrected chi connectivity index (χ3v) is 3.29. The number of benzene rings is 1. The second kappa shape index (κ2) is 7.27. The van der Waals surface area contributed by atoms with Crippen molar-refractivity contribution < 1.29 is 19.0 Å². The molecule has 0 amide bonds. The van der Waals surface area contributed by atoms with Gasteiger partial charge in [-0.2, -0.15) is 0 Å². The van der Waals surface area contributed by atoms with E-state index in [9.17, 15) is 4.79 Å². The summed E-state index contributed by atoms with van der Waals surface area (Å²) in [6.07, 6.45) is 2.09. The summed E-state index contributed by atoms with van der Waals surface area (Å²) in [5.41, 5.74) is 1.14. The Balaban J connectivity index is 2.16. The summed E-state index contributed by atoms with van der Waals surface area (Å²) in [6, 6.07) is 10.0. The highest BCUT2D eigenvalue weighted by molar-refractivity contribution is 5.86. The largest absolute Gasteiger partial charge is 0.463 e. The van der Waals surface area contributed by atoms with Crippen molar-refractivity contribution >= 4 is 5.97 Å². The zero-order chi connectivity index (χ0) is 15.2. The maximum Gasteiger partial charge on any atom is 0.373 e. The Morgan fingerprint density at radius 2 is 2.05 bits per heavy atom. The molecule has 21 heavy (non-hydrogen) atoms. The van der Waals surface area contributed by atoms with Crippen LogP contribution >= 0.6 is 0 Å². The fraction of sp³-hybridized carbons (Fsp3) is 0.471. The standard InChI is InChI=1S/C17H22O4/c1-12(2)11-20-16-10-14(13-7-5-4-6-8-13)9-15(21-16)17(18)19-3/h4-9,12,14,16H,10-11H2,1-3H3. The van der Waals surface area contributed by atoms with E-state index >= 15 is 0 Å². The van der Waals surface area contributed by atoms with Crippen molar-refractivity contribution in [3.8, 4) is 0 Å². The van der Waals surface area contributed by atoms with E-state index in [1.54, 1.807) is 0 Å². The third-order valence-electron chi connectivity index (χ3n) is 3.29. The maximum absolute atomic E-state index is 11.8. The second-order valence-electron chi connectivity index (χ2n) is 5.55. The van der Waals surface area contributed by atoms with Crippen LogP contribution in [0.15, 0.2) is 42.2 Å². The molecule has 1 aromatic carbocycles. The zero-order valence-corrected chi connectivity index (χ0v) is 12.7. The summed E-state index contributed by atoms with van der Waals surface area (Å²) >= 11 is 0. The summed E-state index contributed by atoms with van der Waals surface area (Å²) < 4.78 is 16.1. The molecule has 1 aliphatic heterocycles. The van der Waals surface area contributed by atoms with E-state index in [2.05, 4.69) is 13.8 Å². The first-order chi connectivity index (χ1) is 10.1. The normalized spacial score (nSPS) is 21.6. The molecule has 0 saturated carbocycles. The molecule has 4 nitrogen and oxygen atoms in total. The van der Waals surface area contributed by atoms with Crippen LogP contribution in [-0.2, 0) is 19.0 Å². The van der Waals surface area contributed by atoms with Crippen LogP contribution in [0.4, 0.5) is 0 Å². The molecule has 0 aromatic heterocycles. The van der Waals surface area contributed by atoms with Gasteiger partial charge in [-0.25, -0.2) is 4.79 Å². The van der Waals surface area contributed by atoms with Crippen LogP contribution in [0.1, 0.15) is 31.7 Å². The molecule has 0 radical (unpaired) electrons. The SMILES string of the molecule is COC(=O)C1=CC(c2ccccc2)CC(OCC(C)C)O1. The summed E-state index contributed by atoms with van der Waals surface area (Å²) in [5, 5.41) is 0. The Kier molecular flexibility index (Phi) is 5.39. The monoisotopic (exact) mass is 290 g/mol. The van der Waals surface area contributed by atoms with Crippen molar-refractivity contribution in [3.05, 3.63) is 47.7 Å².